The lowest BCUT2D eigenvalue weighted by Gasteiger charge is -2.19. The van der Waals surface area contributed by atoms with Crippen molar-refractivity contribution in [1.82, 2.24) is 0 Å². The Morgan fingerprint density at radius 3 is 2.10 bits per heavy atom. The maximum atomic E-state index is 5.36. The van der Waals surface area contributed by atoms with E-state index in [-0.39, 0.29) is 5.41 Å². The Kier molecular flexibility index (Phi) is 4.63. The van der Waals surface area contributed by atoms with Gasteiger partial charge in [0.25, 0.3) is 0 Å². The van der Waals surface area contributed by atoms with Crippen molar-refractivity contribution >= 4 is 28.7 Å². The average molecular weight is 298 g/mol. The Bertz CT molecular complexity index is 624. The third-order valence-corrected chi connectivity index (χ3v) is 3.61. The van der Waals surface area contributed by atoms with Crippen LogP contribution in [-0.4, -0.2) is 5.11 Å². The van der Waals surface area contributed by atoms with Crippen molar-refractivity contribution in [2.75, 3.05) is 10.6 Å². The maximum absolute atomic E-state index is 5.36. The third-order valence-electron chi connectivity index (χ3n) is 3.40. The molecule has 2 rings (SSSR count). The number of aryl methyl sites for hydroxylation is 1. The number of anilines is 2. The van der Waals surface area contributed by atoms with E-state index in [1.807, 2.05) is 18.2 Å². The zero-order chi connectivity index (χ0) is 15.5. The normalized spacial score (nSPS) is 11.0. The van der Waals surface area contributed by atoms with Crippen LogP contribution in [0, 0.1) is 6.92 Å². The molecule has 0 aliphatic rings. The second kappa shape index (κ2) is 6.27. The molecule has 0 amide bonds. The van der Waals surface area contributed by atoms with E-state index in [1.54, 1.807) is 0 Å². The molecule has 0 aliphatic heterocycles. The van der Waals surface area contributed by atoms with Gasteiger partial charge in [0.15, 0.2) is 5.11 Å². The van der Waals surface area contributed by atoms with Gasteiger partial charge in [-0.25, -0.2) is 0 Å². The largest absolute Gasteiger partial charge is 0.332 e. The SMILES string of the molecule is Cc1ccccc1NC(=S)Nc1ccc(C(C)(C)C)cc1. The van der Waals surface area contributed by atoms with Gasteiger partial charge in [-0.05, 0) is 53.9 Å². The molecule has 2 aromatic carbocycles. The number of thiocarbonyl (C=S) groups is 1. The molecule has 110 valence electrons. The zero-order valence-corrected chi connectivity index (χ0v) is 13.8. The summed E-state index contributed by atoms with van der Waals surface area (Å²) in [6, 6.07) is 16.5. The average Bonchev–Trinajstić information content (AvgIpc) is 2.41. The molecular weight excluding hydrogens is 276 g/mol. The molecule has 0 heterocycles. The molecule has 0 fully saturated rings. The lowest BCUT2D eigenvalue weighted by atomic mass is 9.87. The highest BCUT2D eigenvalue weighted by atomic mass is 32.1. The van der Waals surface area contributed by atoms with Crippen molar-refractivity contribution in [3.8, 4) is 0 Å². The first-order chi connectivity index (χ1) is 9.86. The molecule has 0 unspecified atom stereocenters. The number of hydrogen-bond donors (Lipinski definition) is 2. The summed E-state index contributed by atoms with van der Waals surface area (Å²) in [6.07, 6.45) is 0. The van der Waals surface area contributed by atoms with Crippen LogP contribution in [-0.2, 0) is 5.41 Å². The smallest absolute Gasteiger partial charge is 0.175 e. The molecule has 0 saturated heterocycles. The van der Waals surface area contributed by atoms with Crippen LogP contribution in [0.15, 0.2) is 48.5 Å². The molecule has 2 N–H and O–H groups in total. The number of benzene rings is 2. The summed E-state index contributed by atoms with van der Waals surface area (Å²) in [5, 5.41) is 7.04. The Morgan fingerprint density at radius 1 is 0.905 bits per heavy atom. The highest BCUT2D eigenvalue weighted by molar-refractivity contribution is 7.80. The van der Waals surface area contributed by atoms with Gasteiger partial charge < -0.3 is 10.6 Å². The molecule has 0 bridgehead atoms. The van der Waals surface area contributed by atoms with E-state index in [0.717, 1.165) is 11.4 Å². The zero-order valence-electron chi connectivity index (χ0n) is 13.0. The van der Waals surface area contributed by atoms with Gasteiger partial charge in [-0.15, -0.1) is 0 Å². The highest BCUT2D eigenvalue weighted by Crippen LogP contribution is 2.23. The molecule has 21 heavy (non-hydrogen) atoms. The van der Waals surface area contributed by atoms with Crippen molar-refractivity contribution in [2.45, 2.75) is 33.1 Å². The van der Waals surface area contributed by atoms with E-state index in [4.69, 9.17) is 12.2 Å². The van der Waals surface area contributed by atoms with E-state index in [1.165, 1.54) is 11.1 Å². The summed E-state index contributed by atoms with van der Waals surface area (Å²) in [5.74, 6) is 0. The van der Waals surface area contributed by atoms with Gasteiger partial charge in [0.1, 0.15) is 0 Å². The minimum Gasteiger partial charge on any atom is -0.332 e. The first-order valence-corrected chi connectivity index (χ1v) is 7.51. The third kappa shape index (κ3) is 4.30. The molecule has 2 aromatic rings. The van der Waals surface area contributed by atoms with Crippen LogP contribution in [0.3, 0.4) is 0 Å². The summed E-state index contributed by atoms with van der Waals surface area (Å²) in [7, 11) is 0. The predicted octanol–water partition coefficient (Wildman–Crippen LogP) is 5.10. The van der Waals surface area contributed by atoms with Crippen molar-refractivity contribution < 1.29 is 0 Å². The van der Waals surface area contributed by atoms with E-state index in [9.17, 15) is 0 Å². The second-order valence-electron chi connectivity index (χ2n) is 6.22. The van der Waals surface area contributed by atoms with Crippen LogP contribution < -0.4 is 10.6 Å². The van der Waals surface area contributed by atoms with Crippen molar-refractivity contribution in [3.05, 3.63) is 59.7 Å². The number of nitrogens with one attached hydrogen (secondary N) is 2. The van der Waals surface area contributed by atoms with Crippen LogP contribution in [0.1, 0.15) is 31.9 Å². The second-order valence-corrected chi connectivity index (χ2v) is 6.63. The van der Waals surface area contributed by atoms with Crippen LogP contribution in [0.5, 0.6) is 0 Å². The Balaban J connectivity index is 2.02. The summed E-state index contributed by atoms with van der Waals surface area (Å²) < 4.78 is 0. The van der Waals surface area contributed by atoms with Gasteiger partial charge in [0, 0.05) is 11.4 Å². The van der Waals surface area contributed by atoms with Crippen molar-refractivity contribution in [3.63, 3.8) is 0 Å². The summed E-state index contributed by atoms with van der Waals surface area (Å²) >= 11 is 5.36. The Labute approximate surface area is 132 Å². The molecule has 0 spiro atoms. The van der Waals surface area contributed by atoms with Crippen LogP contribution >= 0.6 is 12.2 Å². The molecule has 0 atom stereocenters. The van der Waals surface area contributed by atoms with Gasteiger partial charge in [0.2, 0.25) is 0 Å². The number of rotatable bonds is 2. The van der Waals surface area contributed by atoms with Crippen molar-refractivity contribution in [2.24, 2.45) is 0 Å². The lowest BCUT2D eigenvalue weighted by molar-refractivity contribution is 0.590. The molecule has 0 radical (unpaired) electrons. The van der Waals surface area contributed by atoms with Crippen LogP contribution in [0.25, 0.3) is 0 Å². The van der Waals surface area contributed by atoms with E-state index >= 15 is 0 Å². The van der Waals surface area contributed by atoms with E-state index in [0.29, 0.717) is 5.11 Å². The van der Waals surface area contributed by atoms with E-state index < -0.39 is 0 Å². The fraction of sp³-hybridized carbons (Fsp3) is 0.278. The standard InChI is InChI=1S/C18H22N2S/c1-13-7-5-6-8-16(13)20-17(21)19-15-11-9-14(10-12-15)18(2,3)4/h5-12H,1-4H3,(H2,19,20,21). The van der Waals surface area contributed by atoms with Crippen molar-refractivity contribution in [1.29, 1.82) is 0 Å². The van der Waals surface area contributed by atoms with Gasteiger partial charge >= 0.3 is 0 Å². The monoisotopic (exact) mass is 298 g/mol. The van der Waals surface area contributed by atoms with Crippen LogP contribution in [0.2, 0.25) is 0 Å². The van der Waals surface area contributed by atoms with Gasteiger partial charge in [0.05, 0.1) is 0 Å². The molecule has 0 aromatic heterocycles. The van der Waals surface area contributed by atoms with E-state index in [2.05, 4.69) is 68.7 Å². The van der Waals surface area contributed by atoms with Crippen LogP contribution in [0.4, 0.5) is 11.4 Å². The van der Waals surface area contributed by atoms with Gasteiger partial charge in [-0.1, -0.05) is 51.1 Å². The molecule has 2 nitrogen and oxygen atoms in total. The number of hydrogen-bond acceptors (Lipinski definition) is 1. The summed E-state index contributed by atoms with van der Waals surface area (Å²) in [4.78, 5) is 0. The topological polar surface area (TPSA) is 24.1 Å². The molecule has 0 saturated carbocycles. The summed E-state index contributed by atoms with van der Waals surface area (Å²) in [6.45, 7) is 8.68. The first kappa shape index (κ1) is 15.5. The maximum Gasteiger partial charge on any atom is 0.175 e. The molecule has 3 heteroatoms. The fourth-order valence-corrected chi connectivity index (χ4v) is 2.28. The highest BCUT2D eigenvalue weighted by Gasteiger charge is 2.12. The number of para-hydroxylation sites is 1. The first-order valence-electron chi connectivity index (χ1n) is 7.10. The summed E-state index contributed by atoms with van der Waals surface area (Å²) in [5.41, 5.74) is 4.67. The fourth-order valence-electron chi connectivity index (χ4n) is 2.05. The molecule has 0 aliphatic carbocycles. The van der Waals surface area contributed by atoms with Gasteiger partial charge in [-0.3, -0.25) is 0 Å². The lowest BCUT2D eigenvalue weighted by Crippen LogP contribution is -2.19. The minimum absolute atomic E-state index is 0.165. The minimum atomic E-state index is 0.165. The Hall–Kier alpha value is -1.87. The molecular formula is C18H22N2S. The Morgan fingerprint density at radius 2 is 1.52 bits per heavy atom. The predicted molar refractivity (Wildman–Crippen MR) is 96.2 cm³/mol. The quantitative estimate of drug-likeness (QED) is 0.754. The van der Waals surface area contributed by atoms with Gasteiger partial charge in [-0.2, -0.15) is 0 Å².